The van der Waals surface area contributed by atoms with Crippen LogP contribution in [0.25, 0.3) is 0 Å². The van der Waals surface area contributed by atoms with Crippen molar-refractivity contribution in [2.75, 3.05) is 13.2 Å². The molecule has 2 rings (SSSR count). The lowest BCUT2D eigenvalue weighted by Gasteiger charge is -2.14. The molecule has 24 heavy (non-hydrogen) atoms. The zero-order chi connectivity index (χ0) is 17.2. The maximum atomic E-state index is 12.5. The van der Waals surface area contributed by atoms with Crippen molar-refractivity contribution in [1.82, 2.24) is 15.1 Å². The first-order chi connectivity index (χ1) is 10.7. The lowest BCUT2D eigenvalue weighted by Crippen LogP contribution is -2.37. The number of aryl methyl sites for hydroxylation is 1. The van der Waals surface area contributed by atoms with Gasteiger partial charge in [0, 0.05) is 25.6 Å². The Morgan fingerprint density at radius 1 is 1.58 bits per heavy atom. The fourth-order valence-electron chi connectivity index (χ4n) is 2.28. The largest absolute Gasteiger partial charge is 0.470 e. The van der Waals surface area contributed by atoms with Gasteiger partial charge in [-0.3, -0.25) is 9.59 Å². The minimum atomic E-state index is -4.59. The second-order valence-electron chi connectivity index (χ2n) is 5.36. The Labute approximate surface area is 142 Å². The molecule has 2 heterocycles. The summed E-state index contributed by atoms with van der Waals surface area (Å²) in [6.07, 6.45) is -3.79. The highest BCUT2D eigenvalue weighted by Gasteiger charge is 2.35. The lowest BCUT2D eigenvalue weighted by atomic mass is 9.97. The van der Waals surface area contributed by atoms with E-state index < -0.39 is 30.3 Å². The predicted molar refractivity (Wildman–Crippen MR) is 79.7 cm³/mol. The van der Waals surface area contributed by atoms with Gasteiger partial charge in [-0.2, -0.15) is 18.3 Å². The molecule has 1 aromatic heterocycles. The molecule has 0 aliphatic carbocycles. The van der Waals surface area contributed by atoms with Crippen molar-refractivity contribution in [1.29, 1.82) is 0 Å². The van der Waals surface area contributed by atoms with Crippen LogP contribution in [0.4, 0.5) is 13.2 Å². The molecule has 7 nitrogen and oxygen atoms in total. The van der Waals surface area contributed by atoms with E-state index in [2.05, 4.69) is 10.4 Å². The van der Waals surface area contributed by atoms with Gasteiger partial charge in [-0.25, -0.2) is 4.68 Å². The van der Waals surface area contributed by atoms with Crippen molar-refractivity contribution in [3.8, 4) is 5.88 Å². The van der Waals surface area contributed by atoms with Crippen LogP contribution >= 0.6 is 12.4 Å². The van der Waals surface area contributed by atoms with E-state index in [0.717, 1.165) is 4.68 Å². The van der Waals surface area contributed by atoms with Gasteiger partial charge >= 0.3 is 6.18 Å². The van der Waals surface area contributed by atoms with E-state index in [-0.39, 0.29) is 36.5 Å². The number of amides is 1. The number of nitrogens with zero attached hydrogens (tertiary/aromatic N) is 2. The number of nitrogens with one attached hydrogen (secondary N) is 1. The van der Waals surface area contributed by atoms with Gasteiger partial charge in [0.2, 0.25) is 11.8 Å². The molecule has 136 valence electrons. The van der Waals surface area contributed by atoms with Crippen molar-refractivity contribution < 1.29 is 27.5 Å². The lowest BCUT2D eigenvalue weighted by molar-refractivity contribution is -0.141. The number of nitrogens with two attached hydrogens (primary N) is 1. The third-order valence-corrected chi connectivity index (χ3v) is 3.60. The average Bonchev–Trinajstić information content (AvgIpc) is 3.02. The topological polar surface area (TPSA) is 99.2 Å². The van der Waals surface area contributed by atoms with E-state index in [1.165, 1.54) is 7.05 Å². The van der Waals surface area contributed by atoms with Gasteiger partial charge < -0.3 is 15.8 Å². The smallest absolute Gasteiger partial charge is 0.435 e. The van der Waals surface area contributed by atoms with Crippen molar-refractivity contribution in [3.05, 3.63) is 11.8 Å². The minimum Gasteiger partial charge on any atom is -0.470 e. The summed E-state index contributed by atoms with van der Waals surface area (Å²) in [5.74, 6) is -1.13. The summed E-state index contributed by atoms with van der Waals surface area (Å²) in [5.41, 5.74) is 4.62. The SMILES string of the molecule is Cl.Cn1nc(C(F)(F)F)cc1OCC(=O)[C@@H](N)C[C@@H]1CCNC1=O. The molecule has 1 fully saturated rings. The van der Waals surface area contributed by atoms with Crippen LogP contribution in [-0.2, 0) is 22.8 Å². The summed E-state index contributed by atoms with van der Waals surface area (Å²) < 4.78 is 43.5. The summed E-state index contributed by atoms with van der Waals surface area (Å²) in [4.78, 5) is 23.3. The highest BCUT2D eigenvalue weighted by Crippen LogP contribution is 2.30. The number of hydrogen-bond acceptors (Lipinski definition) is 5. The number of halogens is 4. The van der Waals surface area contributed by atoms with Gasteiger partial charge in [-0.1, -0.05) is 0 Å². The maximum absolute atomic E-state index is 12.5. The quantitative estimate of drug-likeness (QED) is 0.766. The van der Waals surface area contributed by atoms with E-state index in [1.807, 2.05) is 0 Å². The van der Waals surface area contributed by atoms with E-state index >= 15 is 0 Å². The van der Waals surface area contributed by atoms with Crippen molar-refractivity contribution in [2.24, 2.45) is 18.7 Å². The number of aromatic nitrogens is 2. The van der Waals surface area contributed by atoms with E-state index in [1.54, 1.807) is 0 Å². The molecule has 1 aliphatic rings. The first kappa shape index (κ1) is 20.2. The third-order valence-electron chi connectivity index (χ3n) is 3.60. The Kier molecular flexibility index (Phi) is 6.61. The fourth-order valence-corrected chi connectivity index (χ4v) is 2.28. The molecule has 0 bridgehead atoms. The molecule has 1 amide bonds. The van der Waals surface area contributed by atoms with Crippen molar-refractivity contribution >= 4 is 24.1 Å². The van der Waals surface area contributed by atoms with Crippen LogP contribution in [0, 0.1) is 5.92 Å². The molecular formula is C13H18ClF3N4O3. The zero-order valence-electron chi connectivity index (χ0n) is 12.8. The maximum Gasteiger partial charge on any atom is 0.435 e. The van der Waals surface area contributed by atoms with Crippen LogP contribution in [0.3, 0.4) is 0 Å². The standard InChI is InChI=1S/C13H17F3N4O3.ClH/c1-20-11(5-10(19-20)13(14,15)16)23-6-9(21)8(17)4-7-2-3-18-12(7)22;/h5,7-8H,2-4,6,17H2,1H3,(H,18,22);1H/t7-,8-;/m0./s1. The molecular weight excluding hydrogens is 353 g/mol. The van der Waals surface area contributed by atoms with E-state index in [0.29, 0.717) is 19.0 Å². The molecule has 3 N–H and O–H groups in total. The number of rotatable bonds is 6. The molecule has 0 aromatic carbocycles. The number of carbonyl (C=O) groups is 2. The Hall–Kier alpha value is -1.81. The van der Waals surface area contributed by atoms with Crippen LogP contribution in [0.1, 0.15) is 18.5 Å². The van der Waals surface area contributed by atoms with Gasteiger partial charge in [0.15, 0.2) is 11.5 Å². The number of hydrogen-bond donors (Lipinski definition) is 2. The van der Waals surface area contributed by atoms with Gasteiger partial charge in [0.1, 0.15) is 6.61 Å². The van der Waals surface area contributed by atoms with Crippen LogP contribution in [-0.4, -0.2) is 40.7 Å². The molecule has 0 spiro atoms. The molecule has 0 radical (unpaired) electrons. The number of Topliss-reactive ketones (excluding diaryl/α,β-unsaturated/α-hetero) is 1. The number of alkyl halides is 3. The first-order valence-corrected chi connectivity index (χ1v) is 6.98. The molecule has 2 atom stereocenters. The first-order valence-electron chi connectivity index (χ1n) is 6.98. The summed E-state index contributed by atoms with van der Waals surface area (Å²) in [6.45, 7) is 0.0719. The Morgan fingerprint density at radius 2 is 2.25 bits per heavy atom. The van der Waals surface area contributed by atoms with Gasteiger partial charge in [0.25, 0.3) is 0 Å². The molecule has 0 saturated carbocycles. The normalized spacial score (nSPS) is 18.7. The van der Waals surface area contributed by atoms with Gasteiger partial charge in [-0.05, 0) is 12.8 Å². The second kappa shape index (κ2) is 7.84. The monoisotopic (exact) mass is 370 g/mol. The summed E-state index contributed by atoms with van der Waals surface area (Å²) >= 11 is 0. The third kappa shape index (κ3) is 4.84. The van der Waals surface area contributed by atoms with Crippen LogP contribution < -0.4 is 15.8 Å². The molecule has 0 unspecified atom stereocenters. The molecule has 1 aromatic rings. The Bertz CT molecular complexity index is 606. The fraction of sp³-hybridized carbons (Fsp3) is 0.615. The zero-order valence-corrected chi connectivity index (χ0v) is 13.6. The van der Waals surface area contributed by atoms with Crippen LogP contribution in [0.5, 0.6) is 5.88 Å². The van der Waals surface area contributed by atoms with Crippen molar-refractivity contribution in [3.63, 3.8) is 0 Å². The highest BCUT2D eigenvalue weighted by atomic mass is 35.5. The van der Waals surface area contributed by atoms with E-state index in [4.69, 9.17) is 10.5 Å². The van der Waals surface area contributed by atoms with Gasteiger partial charge in [-0.15, -0.1) is 12.4 Å². The second-order valence-corrected chi connectivity index (χ2v) is 5.36. The summed E-state index contributed by atoms with van der Waals surface area (Å²) in [6, 6.07) is -0.192. The number of ketones is 1. The molecule has 11 heteroatoms. The Morgan fingerprint density at radius 3 is 2.75 bits per heavy atom. The molecule has 1 aliphatic heterocycles. The summed E-state index contributed by atoms with van der Waals surface area (Å²) in [5, 5.41) is 5.91. The highest BCUT2D eigenvalue weighted by molar-refractivity contribution is 5.87. The predicted octanol–water partition coefficient (Wildman–Crippen LogP) is 0.662. The average molecular weight is 371 g/mol. The van der Waals surface area contributed by atoms with Gasteiger partial charge in [0.05, 0.1) is 6.04 Å². The number of carbonyl (C=O) groups excluding carboxylic acids is 2. The number of ether oxygens (including phenoxy) is 1. The molecule has 1 saturated heterocycles. The summed E-state index contributed by atoms with van der Waals surface area (Å²) in [7, 11) is 1.28. The van der Waals surface area contributed by atoms with Crippen LogP contribution in [0.2, 0.25) is 0 Å². The minimum absolute atomic E-state index is 0. The van der Waals surface area contributed by atoms with Crippen LogP contribution in [0.15, 0.2) is 6.07 Å². The van der Waals surface area contributed by atoms with E-state index in [9.17, 15) is 22.8 Å². The van der Waals surface area contributed by atoms with Crippen molar-refractivity contribution in [2.45, 2.75) is 25.1 Å². The Balaban J connectivity index is 0.00000288.